The van der Waals surface area contributed by atoms with E-state index in [-0.39, 0.29) is 11.5 Å². The van der Waals surface area contributed by atoms with Crippen molar-refractivity contribution in [2.45, 2.75) is 37.8 Å². The smallest absolute Gasteiger partial charge is 0.224 e. The van der Waals surface area contributed by atoms with Crippen LogP contribution in [0.15, 0.2) is 36.9 Å². The normalized spacial score (nSPS) is 17.8. The molecule has 2 aliphatic rings. The van der Waals surface area contributed by atoms with E-state index >= 15 is 0 Å². The second-order valence-corrected chi connectivity index (χ2v) is 8.96. The van der Waals surface area contributed by atoms with Crippen molar-refractivity contribution in [3.05, 3.63) is 47.4 Å². The Morgan fingerprint density at radius 2 is 2.03 bits per heavy atom. The molecule has 0 saturated carbocycles. The molecule has 8 nitrogen and oxygen atoms in total. The maximum Gasteiger partial charge on any atom is 0.224 e. The Hall–Kier alpha value is -2.78. The predicted molar refractivity (Wildman–Crippen MR) is 114 cm³/mol. The topological polar surface area (TPSA) is 99.2 Å². The highest BCUT2D eigenvalue weighted by atomic mass is 32.1. The van der Waals surface area contributed by atoms with Crippen LogP contribution in [0, 0.1) is 0 Å². The Labute approximate surface area is 178 Å². The second-order valence-electron chi connectivity index (χ2n) is 7.82. The van der Waals surface area contributed by atoms with Crippen molar-refractivity contribution >= 4 is 23.1 Å². The summed E-state index contributed by atoms with van der Waals surface area (Å²) in [4.78, 5) is 21.6. The lowest BCUT2D eigenvalue weighted by molar-refractivity contribution is -0.140. The number of piperidine rings is 1. The average Bonchev–Trinajstić information content (AvgIpc) is 3.43. The minimum absolute atomic E-state index is 0.171. The maximum absolute atomic E-state index is 12.6. The summed E-state index contributed by atoms with van der Waals surface area (Å²) in [5.74, 6) is 0.702. The Kier molecular flexibility index (Phi) is 5.00. The number of nitrogens with two attached hydrogens (primary N) is 1. The van der Waals surface area contributed by atoms with Crippen molar-refractivity contribution in [3.8, 4) is 10.6 Å². The van der Waals surface area contributed by atoms with Gasteiger partial charge in [-0.1, -0.05) is 6.07 Å². The van der Waals surface area contributed by atoms with Gasteiger partial charge in [0.15, 0.2) is 0 Å². The lowest BCUT2D eigenvalue weighted by Gasteiger charge is -2.44. The summed E-state index contributed by atoms with van der Waals surface area (Å²) >= 11 is 1.79. The van der Waals surface area contributed by atoms with E-state index in [0.29, 0.717) is 31.9 Å². The number of nitrogens with zero attached hydrogens (tertiary/aromatic N) is 5. The molecule has 0 aliphatic carbocycles. The number of pyridine rings is 1. The van der Waals surface area contributed by atoms with Crippen LogP contribution in [-0.4, -0.2) is 50.3 Å². The number of amides is 1. The van der Waals surface area contributed by atoms with Crippen molar-refractivity contribution in [2.24, 2.45) is 0 Å². The Morgan fingerprint density at radius 3 is 2.80 bits per heavy atom. The van der Waals surface area contributed by atoms with Crippen LogP contribution >= 0.6 is 11.3 Å². The largest absolute Gasteiger partial charge is 0.384 e. The highest BCUT2D eigenvalue weighted by Gasteiger charge is 2.42. The zero-order valence-corrected chi connectivity index (χ0v) is 17.5. The van der Waals surface area contributed by atoms with E-state index < -0.39 is 0 Å². The van der Waals surface area contributed by atoms with Gasteiger partial charge < -0.3 is 19.9 Å². The van der Waals surface area contributed by atoms with E-state index in [0.717, 1.165) is 36.4 Å². The molecule has 1 spiro atoms. The molecule has 1 amide bonds. The zero-order valence-electron chi connectivity index (χ0n) is 16.7. The van der Waals surface area contributed by atoms with Crippen LogP contribution in [0.5, 0.6) is 0 Å². The first-order chi connectivity index (χ1) is 14.6. The third-order valence-corrected chi connectivity index (χ3v) is 7.22. The first-order valence-electron chi connectivity index (χ1n) is 10.2. The minimum atomic E-state index is -0.298. The third kappa shape index (κ3) is 3.59. The van der Waals surface area contributed by atoms with Gasteiger partial charge >= 0.3 is 0 Å². The van der Waals surface area contributed by atoms with Gasteiger partial charge in [-0.25, -0.2) is 4.98 Å². The first-order valence-corrected chi connectivity index (χ1v) is 11.0. The van der Waals surface area contributed by atoms with Crippen molar-refractivity contribution < 1.29 is 9.53 Å². The van der Waals surface area contributed by atoms with Crippen LogP contribution in [-0.2, 0) is 28.1 Å². The zero-order chi connectivity index (χ0) is 20.6. The number of nitrogen functional groups attached to an aromatic ring is 1. The van der Waals surface area contributed by atoms with Gasteiger partial charge in [0.2, 0.25) is 5.91 Å². The van der Waals surface area contributed by atoms with E-state index in [2.05, 4.69) is 21.2 Å². The minimum Gasteiger partial charge on any atom is -0.384 e. The SMILES string of the molecule is Nc1cccc(-c2cc3c(s2)CCOC32CCN(C(=O)CCn3cnnc3)CC2)n1. The van der Waals surface area contributed by atoms with Gasteiger partial charge in [-0.2, -0.15) is 0 Å². The van der Waals surface area contributed by atoms with Gasteiger partial charge in [-0.05, 0) is 36.6 Å². The van der Waals surface area contributed by atoms with Crippen LogP contribution in [0.25, 0.3) is 10.6 Å². The molecule has 5 rings (SSSR count). The summed E-state index contributed by atoms with van der Waals surface area (Å²) in [6, 6.07) is 7.97. The van der Waals surface area contributed by atoms with E-state index in [9.17, 15) is 4.79 Å². The molecule has 1 saturated heterocycles. The molecule has 30 heavy (non-hydrogen) atoms. The number of rotatable bonds is 4. The quantitative estimate of drug-likeness (QED) is 0.691. The molecule has 3 aromatic heterocycles. The molecule has 0 bridgehead atoms. The predicted octanol–water partition coefficient (Wildman–Crippen LogP) is 2.46. The molecular formula is C21H24N6O2S. The number of ether oxygens (including phenoxy) is 1. The van der Waals surface area contributed by atoms with E-state index in [1.165, 1.54) is 10.4 Å². The molecule has 5 heterocycles. The number of fused-ring (bicyclic) bond motifs is 2. The Balaban J connectivity index is 1.30. The number of hydrogen-bond acceptors (Lipinski definition) is 7. The van der Waals surface area contributed by atoms with Crippen molar-refractivity contribution in [1.29, 1.82) is 0 Å². The van der Waals surface area contributed by atoms with Gasteiger partial charge in [0, 0.05) is 37.4 Å². The van der Waals surface area contributed by atoms with Crippen LogP contribution in [0.4, 0.5) is 5.82 Å². The van der Waals surface area contributed by atoms with E-state index in [4.69, 9.17) is 10.5 Å². The number of hydrogen-bond donors (Lipinski definition) is 1. The van der Waals surface area contributed by atoms with Crippen LogP contribution in [0.3, 0.4) is 0 Å². The molecule has 2 aliphatic heterocycles. The summed E-state index contributed by atoms with van der Waals surface area (Å²) in [6.45, 7) is 2.75. The number of thiophene rings is 1. The van der Waals surface area contributed by atoms with Crippen molar-refractivity contribution in [3.63, 3.8) is 0 Å². The Bertz CT molecular complexity index is 1040. The van der Waals surface area contributed by atoms with Gasteiger partial charge in [0.1, 0.15) is 18.5 Å². The van der Waals surface area contributed by atoms with Crippen LogP contribution < -0.4 is 5.73 Å². The van der Waals surface area contributed by atoms with Gasteiger partial charge in [-0.3, -0.25) is 4.79 Å². The lowest BCUT2D eigenvalue weighted by atomic mass is 9.82. The molecule has 3 aromatic rings. The van der Waals surface area contributed by atoms with Gasteiger partial charge in [-0.15, -0.1) is 21.5 Å². The first kappa shape index (κ1) is 19.2. The highest BCUT2D eigenvalue weighted by Crippen LogP contribution is 2.46. The van der Waals surface area contributed by atoms with Gasteiger partial charge in [0.25, 0.3) is 0 Å². The lowest BCUT2D eigenvalue weighted by Crippen LogP contribution is -2.48. The molecule has 9 heteroatoms. The summed E-state index contributed by atoms with van der Waals surface area (Å²) in [5.41, 5.74) is 7.76. The van der Waals surface area contributed by atoms with Crippen molar-refractivity contribution in [1.82, 2.24) is 24.6 Å². The van der Waals surface area contributed by atoms with Crippen LogP contribution in [0.2, 0.25) is 0 Å². The summed E-state index contributed by atoms with van der Waals surface area (Å²) in [5, 5.41) is 7.56. The fourth-order valence-electron chi connectivity index (χ4n) is 4.38. The molecule has 2 N–H and O–H groups in total. The fourth-order valence-corrected chi connectivity index (χ4v) is 5.58. The number of likely N-dealkylation sites (tertiary alicyclic amines) is 1. The van der Waals surface area contributed by atoms with Crippen molar-refractivity contribution in [2.75, 3.05) is 25.4 Å². The number of aromatic nitrogens is 4. The molecular weight excluding hydrogens is 400 g/mol. The van der Waals surface area contributed by atoms with Gasteiger partial charge in [0.05, 0.1) is 22.8 Å². The monoisotopic (exact) mass is 424 g/mol. The number of anilines is 1. The number of aryl methyl sites for hydroxylation is 1. The summed E-state index contributed by atoms with van der Waals surface area (Å²) < 4.78 is 8.19. The number of carbonyl (C=O) groups is 1. The standard InChI is InChI=1S/C21H24N6O2S/c22-19-3-1-2-16(25-19)18-12-15-17(30-18)5-11-29-21(15)6-9-27(10-7-21)20(28)4-8-26-13-23-24-14-26/h1-3,12-14H,4-11H2,(H2,22,25). The molecule has 156 valence electrons. The fraction of sp³-hybridized carbons (Fsp3) is 0.429. The summed E-state index contributed by atoms with van der Waals surface area (Å²) in [7, 11) is 0. The van der Waals surface area contributed by atoms with E-state index in [1.807, 2.05) is 21.6 Å². The Morgan fingerprint density at radius 1 is 1.23 bits per heavy atom. The number of carbonyl (C=O) groups excluding carboxylic acids is 1. The second kappa shape index (κ2) is 7.81. The molecule has 1 fully saturated rings. The molecule has 0 atom stereocenters. The molecule has 0 aromatic carbocycles. The van der Waals surface area contributed by atoms with E-state index in [1.54, 1.807) is 30.1 Å². The maximum atomic E-state index is 12.6. The van der Waals surface area contributed by atoms with Crippen LogP contribution in [0.1, 0.15) is 29.7 Å². The summed E-state index contributed by atoms with van der Waals surface area (Å²) in [6.07, 6.45) is 6.29. The average molecular weight is 425 g/mol. The third-order valence-electron chi connectivity index (χ3n) is 6.00. The molecule has 0 radical (unpaired) electrons. The molecule has 0 unspecified atom stereocenters. The highest BCUT2D eigenvalue weighted by molar-refractivity contribution is 7.15.